The molecule has 0 atom stereocenters. The van der Waals surface area contributed by atoms with Crippen molar-refractivity contribution in [2.75, 3.05) is 20.3 Å². The van der Waals surface area contributed by atoms with Crippen LogP contribution in [0, 0.1) is 0 Å². The van der Waals surface area contributed by atoms with Crippen LogP contribution in [0.4, 0.5) is 0 Å². The largest absolute Gasteiger partial charge is 0.496 e. The summed E-state index contributed by atoms with van der Waals surface area (Å²) in [7, 11) is 1.76. The summed E-state index contributed by atoms with van der Waals surface area (Å²) in [5.41, 5.74) is 16.3. The van der Waals surface area contributed by atoms with Crippen molar-refractivity contribution in [2.24, 2.45) is 0 Å². The molecule has 0 radical (unpaired) electrons. The first-order valence-electron chi connectivity index (χ1n) is 37.3. The lowest BCUT2D eigenvalue weighted by Gasteiger charge is -2.19. The highest BCUT2D eigenvalue weighted by Crippen LogP contribution is 2.58. The smallest absolute Gasteiger partial charge is 0.126 e. The van der Waals surface area contributed by atoms with Crippen molar-refractivity contribution in [3.8, 4) is 72.5 Å². The van der Waals surface area contributed by atoms with Gasteiger partial charge in [0.05, 0.1) is 7.11 Å². The van der Waals surface area contributed by atoms with Crippen LogP contribution in [0.3, 0.4) is 0 Å². The maximum Gasteiger partial charge on any atom is 0.126 e. The van der Waals surface area contributed by atoms with Gasteiger partial charge in [-0.3, -0.25) is 0 Å². The van der Waals surface area contributed by atoms with Crippen molar-refractivity contribution in [1.82, 2.24) is 0 Å². The molecule has 0 bridgehead atoms. The molecule has 2 nitrogen and oxygen atoms in total. The summed E-state index contributed by atoms with van der Waals surface area (Å²) in [6.07, 6.45) is 6.91. The highest BCUT2D eigenvalue weighted by molar-refractivity contribution is 6.47. The van der Waals surface area contributed by atoms with Crippen molar-refractivity contribution in [1.29, 1.82) is 0 Å². The Morgan fingerprint density at radius 1 is 0.236 bits per heavy atom. The molecule has 0 unspecified atom stereocenters. The molecule has 1 aliphatic rings. The molecule has 1 fully saturated rings. The SMILES string of the molecule is C1CCOC1.CC=Cc1ccccc1-c1ccc2c3c(-c4ccccc4)c4c(cc5c6ccccc6c6cccc4c65)c(-c4ccccc4)c3c3cccc1c32.COc1ccccc1-c1ccc2c3c(-c4ccccc4)c4c(cc5c6ccccc6c6cccc4c65)c(-c4ccccc4)c3c3cccc1c32. The van der Waals surface area contributed by atoms with E-state index < -0.39 is 0 Å². The lowest BCUT2D eigenvalue weighted by Crippen LogP contribution is -1.91. The average Bonchev–Trinajstić information content (AvgIpc) is 1.37. The van der Waals surface area contributed by atoms with Gasteiger partial charge < -0.3 is 9.47 Å². The molecule has 106 heavy (non-hydrogen) atoms. The Morgan fingerprint density at radius 2 is 0.557 bits per heavy atom. The van der Waals surface area contributed by atoms with Crippen molar-refractivity contribution < 1.29 is 9.47 Å². The van der Waals surface area contributed by atoms with Crippen molar-refractivity contribution in [2.45, 2.75) is 19.8 Å². The number of allylic oxidation sites excluding steroid dienone is 1. The van der Waals surface area contributed by atoms with Crippen LogP contribution in [0.5, 0.6) is 5.75 Å². The first-order chi connectivity index (χ1) is 52.6. The van der Waals surface area contributed by atoms with Crippen LogP contribution in [-0.4, -0.2) is 20.3 Å². The van der Waals surface area contributed by atoms with Gasteiger partial charge in [0.15, 0.2) is 0 Å². The first kappa shape index (κ1) is 61.7. The van der Waals surface area contributed by atoms with E-state index in [-0.39, 0.29) is 0 Å². The van der Waals surface area contributed by atoms with Gasteiger partial charge in [-0.1, -0.05) is 322 Å². The van der Waals surface area contributed by atoms with Crippen LogP contribution in [-0.2, 0) is 4.74 Å². The number of benzene rings is 18. The van der Waals surface area contributed by atoms with Gasteiger partial charge in [0.25, 0.3) is 0 Å². The second-order valence-electron chi connectivity index (χ2n) is 28.6. The summed E-state index contributed by atoms with van der Waals surface area (Å²) < 4.78 is 10.8. The van der Waals surface area contributed by atoms with Crippen molar-refractivity contribution >= 4 is 157 Å². The molecule has 0 aromatic heterocycles. The van der Waals surface area contributed by atoms with Crippen LogP contribution < -0.4 is 4.74 Å². The quantitative estimate of drug-likeness (QED) is 0.141. The standard InChI is InChI=1S/C51H32.C49H30O.C4H8O/c1-2-15-31-16-9-10-21-34(31)37-28-29-42-47-39(37)25-14-27-41(47)50-45(32-17-5-3-6-18-32)44-30-43-36-23-12-11-22-35(36)38-24-13-26-40(48(38)43)49(44)46(51(42)50)33-19-7-4-8-20-33;1-50-42-25-11-10-20-34(42)33-26-27-39-45-36(33)22-13-24-38(45)48-43(29-14-4-2-5-15-29)41-28-40-32-19-9-8-18-31(32)35-21-12-23-37(46(35)40)47(41)44(49(39)48)30-16-6-3-7-17-30;1-2-4-5-3-1/h2-30H,1H3;2-28H,1H3;1-4H2. The summed E-state index contributed by atoms with van der Waals surface area (Å²) in [6, 6.07) is 121. The molecule has 1 saturated heterocycles. The second kappa shape index (κ2) is 24.9. The van der Waals surface area contributed by atoms with E-state index in [4.69, 9.17) is 9.47 Å². The Morgan fingerprint density at radius 3 is 0.981 bits per heavy atom. The average molecular weight is 1350 g/mol. The van der Waals surface area contributed by atoms with Gasteiger partial charge in [-0.05, 0) is 256 Å². The number of rotatable bonds is 8. The zero-order chi connectivity index (χ0) is 70.1. The Balaban J connectivity index is 0.000000128. The molecular weight excluding hydrogens is 1280 g/mol. The predicted octanol–water partition coefficient (Wildman–Crippen LogP) is 29.1. The summed E-state index contributed by atoms with van der Waals surface area (Å²) in [4.78, 5) is 0. The first-order valence-corrected chi connectivity index (χ1v) is 37.3. The third-order valence-electron chi connectivity index (χ3n) is 23.1. The summed E-state index contributed by atoms with van der Waals surface area (Å²) in [6.45, 7) is 4.09. The van der Waals surface area contributed by atoms with E-state index in [1.807, 2.05) is 6.07 Å². The lowest BCUT2D eigenvalue weighted by atomic mass is 9.84. The number of para-hydroxylation sites is 1. The van der Waals surface area contributed by atoms with Gasteiger partial charge in [-0.25, -0.2) is 0 Å². The van der Waals surface area contributed by atoms with Crippen LogP contribution in [0.25, 0.3) is 224 Å². The Kier molecular flexibility index (Phi) is 14.5. The molecule has 0 N–H and O–H groups in total. The minimum absolute atomic E-state index is 0.883. The minimum atomic E-state index is 0.883. The second-order valence-corrected chi connectivity index (χ2v) is 28.6. The molecule has 2 heteroatoms. The summed E-state index contributed by atoms with van der Waals surface area (Å²) in [5, 5.41) is 36.8. The van der Waals surface area contributed by atoms with Crippen LogP contribution in [0.15, 0.2) is 334 Å². The zero-order valence-electron chi connectivity index (χ0n) is 59.0. The van der Waals surface area contributed by atoms with Gasteiger partial charge in [0.2, 0.25) is 0 Å². The molecule has 23 rings (SSSR count). The van der Waals surface area contributed by atoms with E-state index >= 15 is 0 Å². The third-order valence-corrected chi connectivity index (χ3v) is 23.1. The molecule has 0 saturated carbocycles. The van der Waals surface area contributed by atoms with E-state index in [0.29, 0.717) is 0 Å². The molecule has 0 aliphatic carbocycles. The molecule has 1 aliphatic heterocycles. The zero-order valence-corrected chi connectivity index (χ0v) is 59.0. The van der Waals surface area contributed by atoms with Gasteiger partial charge in [-0.2, -0.15) is 0 Å². The molecular formula is C104H70O2. The lowest BCUT2D eigenvalue weighted by molar-refractivity contribution is 0.198. The fraction of sp³-hybridized carbons (Fsp3) is 0.0577. The van der Waals surface area contributed by atoms with Gasteiger partial charge in [-0.15, -0.1) is 0 Å². The predicted molar refractivity (Wildman–Crippen MR) is 457 cm³/mol. The third kappa shape index (κ3) is 9.21. The number of ether oxygens (including phenoxy) is 2. The highest BCUT2D eigenvalue weighted by Gasteiger charge is 2.30. The molecule has 22 aromatic carbocycles. The number of hydrogen-bond donors (Lipinski definition) is 0. The number of hydrogen-bond acceptors (Lipinski definition) is 2. The van der Waals surface area contributed by atoms with Gasteiger partial charge >= 0.3 is 0 Å². The molecule has 0 spiro atoms. The Labute approximate surface area is 614 Å². The van der Waals surface area contributed by atoms with E-state index in [2.05, 4.69) is 341 Å². The van der Waals surface area contributed by atoms with E-state index in [0.717, 1.165) is 24.5 Å². The van der Waals surface area contributed by atoms with Gasteiger partial charge in [0, 0.05) is 18.8 Å². The monoisotopic (exact) mass is 1350 g/mol. The fourth-order valence-corrected chi connectivity index (χ4v) is 18.9. The van der Waals surface area contributed by atoms with E-state index in [1.54, 1.807) is 7.11 Å². The van der Waals surface area contributed by atoms with Crippen LogP contribution in [0.1, 0.15) is 25.3 Å². The summed E-state index contributed by atoms with van der Waals surface area (Å²) in [5.74, 6) is 0.883. The highest BCUT2D eigenvalue weighted by atomic mass is 16.5. The van der Waals surface area contributed by atoms with E-state index in [1.165, 1.54) is 230 Å². The topological polar surface area (TPSA) is 18.5 Å². The number of methoxy groups -OCH3 is 1. The molecule has 22 aromatic rings. The van der Waals surface area contributed by atoms with Crippen LogP contribution >= 0.6 is 0 Å². The van der Waals surface area contributed by atoms with Crippen molar-refractivity contribution in [3.63, 3.8) is 0 Å². The normalized spacial score (nSPS) is 12.8. The summed E-state index contributed by atoms with van der Waals surface area (Å²) >= 11 is 0. The maximum absolute atomic E-state index is 5.89. The molecule has 0 amide bonds. The Hall–Kier alpha value is -13.0. The van der Waals surface area contributed by atoms with Crippen molar-refractivity contribution in [3.05, 3.63) is 339 Å². The maximum atomic E-state index is 5.89. The van der Waals surface area contributed by atoms with Crippen LogP contribution in [0.2, 0.25) is 0 Å². The Bertz CT molecular complexity index is 7230. The van der Waals surface area contributed by atoms with E-state index in [9.17, 15) is 0 Å². The minimum Gasteiger partial charge on any atom is -0.496 e. The molecule has 498 valence electrons. The fourth-order valence-electron chi connectivity index (χ4n) is 18.9. The molecule has 1 heterocycles. The number of fused-ring (bicyclic) bond motifs is 16. The van der Waals surface area contributed by atoms with Gasteiger partial charge in [0.1, 0.15) is 5.75 Å².